The molecule has 0 fully saturated rings. The molecule has 0 radical (unpaired) electrons. The smallest absolute Gasteiger partial charge is 0.105 e. The van der Waals surface area contributed by atoms with Gasteiger partial charge in [-0.1, -0.05) is 6.92 Å². The van der Waals surface area contributed by atoms with Gasteiger partial charge in [0.25, 0.3) is 0 Å². The average Bonchev–Trinajstić information content (AvgIpc) is 2.37. The summed E-state index contributed by atoms with van der Waals surface area (Å²) in [7, 11) is 0. The maximum absolute atomic E-state index is 4.13. The Hall–Kier alpha value is -0.830. The fraction of sp³-hybridized carbons (Fsp3) is 0.625. The lowest BCUT2D eigenvalue weighted by Gasteiger charge is -2.04. The molecule has 3 heteroatoms. The molecule has 0 amide bonds. The van der Waals surface area contributed by atoms with Crippen molar-refractivity contribution in [1.82, 2.24) is 14.9 Å². The third-order valence-electron chi connectivity index (χ3n) is 1.70. The molecule has 1 aromatic rings. The molecule has 1 rings (SSSR count). The van der Waals surface area contributed by atoms with Gasteiger partial charge in [0.05, 0.1) is 0 Å². The van der Waals surface area contributed by atoms with Gasteiger partial charge in [-0.25, -0.2) is 4.98 Å². The van der Waals surface area contributed by atoms with Crippen LogP contribution >= 0.6 is 0 Å². The van der Waals surface area contributed by atoms with Crippen LogP contribution in [0.3, 0.4) is 0 Å². The summed E-state index contributed by atoms with van der Waals surface area (Å²) in [6.45, 7) is 7.20. The highest BCUT2D eigenvalue weighted by Crippen LogP contribution is 1.92. The van der Waals surface area contributed by atoms with Gasteiger partial charge in [0.15, 0.2) is 0 Å². The zero-order chi connectivity index (χ0) is 8.10. The van der Waals surface area contributed by atoms with Crippen LogP contribution in [0, 0.1) is 6.92 Å². The van der Waals surface area contributed by atoms with Crippen molar-refractivity contribution in [3.63, 3.8) is 0 Å². The number of hydrogen-bond donors (Lipinski definition) is 1. The Kier molecular flexibility index (Phi) is 3.11. The van der Waals surface area contributed by atoms with Crippen LogP contribution in [0.4, 0.5) is 0 Å². The first kappa shape index (κ1) is 8.27. The third kappa shape index (κ3) is 2.35. The van der Waals surface area contributed by atoms with Crippen molar-refractivity contribution >= 4 is 0 Å². The summed E-state index contributed by atoms with van der Waals surface area (Å²) >= 11 is 0. The first-order valence-electron chi connectivity index (χ1n) is 4.03. The SMILES string of the molecule is CCNCCn1ccnc1C. The van der Waals surface area contributed by atoms with Crippen molar-refractivity contribution in [3.05, 3.63) is 18.2 Å². The summed E-state index contributed by atoms with van der Waals surface area (Å²) < 4.78 is 2.14. The monoisotopic (exact) mass is 153 g/mol. The summed E-state index contributed by atoms with van der Waals surface area (Å²) in [5.74, 6) is 1.09. The van der Waals surface area contributed by atoms with E-state index in [1.165, 1.54) is 0 Å². The molecular formula is C8H15N3. The van der Waals surface area contributed by atoms with Crippen LogP contribution in [0.15, 0.2) is 12.4 Å². The molecule has 1 aromatic heterocycles. The molecule has 0 aliphatic carbocycles. The Morgan fingerprint density at radius 3 is 3.00 bits per heavy atom. The summed E-state index contributed by atoms with van der Waals surface area (Å²) in [4.78, 5) is 4.13. The van der Waals surface area contributed by atoms with Gasteiger partial charge in [-0.05, 0) is 13.5 Å². The van der Waals surface area contributed by atoms with Gasteiger partial charge in [-0.15, -0.1) is 0 Å². The van der Waals surface area contributed by atoms with Crippen LogP contribution in [0.25, 0.3) is 0 Å². The van der Waals surface area contributed by atoms with Crippen molar-refractivity contribution in [2.75, 3.05) is 13.1 Å². The van der Waals surface area contributed by atoms with Gasteiger partial charge in [-0.3, -0.25) is 0 Å². The highest BCUT2D eigenvalue weighted by atomic mass is 15.1. The number of nitrogens with zero attached hydrogens (tertiary/aromatic N) is 2. The van der Waals surface area contributed by atoms with Crippen LogP contribution in [0.1, 0.15) is 12.7 Å². The fourth-order valence-corrected chi connectivity index (χ4v) is 1.02. The summed E-state index contributed by atoms with van der Waals surface area (Å²) in [5.41, 5.74) is 0. The summed E-state index contributed by atoms with van der Waals surface area (Å²) in [5, 5.41) is 3.27. The van der Waals surface area contributed by atoms with Crippen LogP contribution in [0.5, 0.6) is 0 Å². The second-order valence-electron chi connectivity index (χ2n) is 2.52. The van der Waals surface area contributed by atoms with E-state index in [0.717, 1.165) is 25.5 Å². The number of imidazole rings is 1. The van der Waals surface area contributed by atoms with Crippen LogP contribution in [-0.4, -0.2) is 22.6 Å². The van der Waals surface area contributed by atoms with E-state index in [9.17, 15) is 0 Å². The lowest BCUT2D eigenvalue weighted by molar-refractivity contribution is 0.602. The lowest BCUT2D eigenvalue weighted by Crippen LogP contribution is -2.19. The molecule has 3 nitrogen and oxygen atoms in total. The van der Waals surface area contributed by atoms with E-state index in [4.69, 9.17) is 0 Å². The summed E-state index contributed by atoms with van der Waals surface area (Å²) in [6.07, 6.45) is 3.84. The number of aryl methyl sites for hydroxylation is 1. The minimum Gasteiger partial charge on any atom is -0.334 e. The maximum Gasteiger partial charge on any atom is 0.105 e. The Morgan fingerprint density at radius 1 is 1.64 bits per heavy atom. The Bertz CT molecular complexity index is 205. The quantitative estimate of drug-likeness (QED) is 0.648. The molecular weight excluding hydrogens is 138 g/mol. The number of nitrogens with one attached hydrogen (secondary N) is 1. The molecule has 11 heavy (non-hydrogen) atoms. The van der Waals surface area contributed by atoms with Gasteiger partial charge in [0.1, 0.15) is 5.82 Å². The van der Waals surface area contributed by atoms with Crippen LogP contribution in [0.2, 0.25) is 0 Å². The average molecular weight is 153 g/mol. The van der Waals surface area contributed by atoms with E-state index in [1.807, 2.05) is 19.3 Å². The van der Waals surface area contributed by atoms with E-state index in [2.05, 4.69) is 21.8 Å². The number of rotatable bonds is 4. The van der Waals surface area contributed by atoms with Gasteiger partial charge in [0.2, 0.25) is 0 Å². The first-order valence-corrected chi connectivity index (χ1v) is 4.03. The van der Waals surface area contributed by atoms with E-state index < -0.39 is 0 Å². The molecule has 0 unspecified atom stereocenters. The zero-order valence-electron chi connectivity index (χ0n) is 7.17. The Balaban J connectivity index is 2.32. The molecule has 0 aliphatic rings. The van der Waals surface area contributed by atoms with Crippen molar-refractivity contribution in [1.29, 1.82) is 0 Å². The predicted octanol–water partition coefficient (Wildman–Crippen LogP) is 0.801. The summed E-state index contributed by atoms with van der Waals surface area (Å²) in [6, 6.07) is 0. The molecule has 0 aliphatic heterocycles. The van der Waals surface area contributed by atoms with Crippen molar-refractivity contribution < 1.29 is 0 Å². The zero-order valence-corrected chi connectivity index (χ0v) is 7.17. The van der Waals surface area contributed by atoms with Gasteiger partial charge >= 0.3 is 0 Å². The number of likely N-dealkylation sites (N-methyl/N-ethyl adjacent to an activating group) is 1. The first-order chi connectivity index (χ1) is 5.34. The molecule has 62 valence electrons. The third-order valence-corrected chi connectivity index (χ3v) is 1.70. The maximum atomic E-state index is 4.13. The molecule has 0 saturated heterocycles. The van der Waals surface area contributed by atoms with Crippen molar-refractivity contribution in [3.8, 4) is 0 Å². The Morgan fingerprint density at radius 2 is 2.45 bits per heavy atom. The fourth-order valence-electron chi connectivity index (χ4n) is 1.02. The van der Waals surface area contributed by atoms with E-state index in [-0.39, 0.29) is 0 Å². The van der Waals surface area contributed by atoms with Gasteiger partial charge in [-0.2, -0.15) is 0 Å². The molecule has 1 N–H and O–H groups in total. The number of hydrogen-bond acceptors (Lipinski definition) is 2. The molecule has 1 heterocycles. The standard InChI is InChI=1S/C8H15N3/c1-3-9-4-6-11-7-5-10-8(11)2/h5,7,9H,3-4,6H2,1-2H3. The topological polar surface area (TPSA) is 29.9 Å². The molecule has 0 aromatic carbocycles. The number of aromatic nitrogens is 2. The van der Waals surface area contributed by atoms with Gasteiger partial charge < -0.3 is 9.88 Å². The van der Waals surface area contributed by atoms with Crippen LogP contribution < -0.4 is 5.32 Å². The largest absolute Gasteiger partial charge is 0.334 e. The van der Waals surface area contributed by atoms with E-state index >= 15 is 0 Å². The van der Waals surface area contributed by atoms with E-state index in [0.29, 0.717) is 0 Å². The lowest BCUT2D eigenvalue weighted by atomic mass is 10.5. The van der Waals surface area contributed by atoms with Gasteiger partial charge in [0, 0.05) is 25.5 Å². The van der Waals surface area contributed by atoms with Crippen LogP contribution in [-0.2, 0) is 6.54 Å². The normalized spacial score (nSPS) is 10.4. The molecule has 0 bridgehead atoms. The minimum absolute atomic E-state index is 1.01. The molecule has 0 atom stereocenters. The highest BCUT2D eigenvalue weighted by Gasteiger charge is 1.93. The second kappa shape index (κ2) is 4.13. The predicted molar refractivity (Wildman–Crippen MR) is 45.5 cm³/mol. The van der Waals surface area contributed by atoms with Crippen molar-refractivity contribution in [2.24, 2.45) is 0 Å². The highest BCUT2D eigenvalue weighted by molar-refractivity contribution is 4.88. The molecule has 0 saturated carbocycles. The second-order valence-corrected chi connectivity index (χ2v) is 2.52. The van der Waals surface area contributed by atoms with E-state index in [1.54, 1.807) is 0 Å². The molecule has 0 spiro atoms. The minimum atomic E-state index is 1.01. The Labute approximate surface area is 67.4 Å². The van der Waals surface area contributed by atoms with Crippen molar-refractivity contribution in [2.45, 2.75) is 20.4 Å².